The molecule has 5 nitrogen and oxygen atoms in total. The molecule has 0 heterocycles. The van der Waals surface area contributed by atoms with E-state index in [0.29, 0.717) is 19.0 Å². The van der Waals surface area contributed by atoms with Crippen LogP contribution in [0.5, 0.6) is 0 Å². The number of nitro groups is 1. The molecule has 0 atom stereocenters. The van der Waals surface area contributed by atoms with Gasteiger partial charge in [-0.05, 0) is 31.2 Å². The molecule has 20 heavy (non-hydrogen) atoms. The lowest BCUT2D eigenvalue weighted by molar-refractivity contribution is -0.384. The van der Waals surface area contributed by atoms with E-state index in [1.54, 1.807) is 11.0 Å². The summed E-state index contributed by atoms with van der Waals surface area (Å²) in [6.07, 6.45) is 3.15. The predicted molar refractivity (Wildman–Crippen MR) is 77.0 cm³/mol. The summed E-state index contributed by atoms with van der Waals surface area (Å²) in [6.45, 7) is 3.36. The fraction of sp³-hybridized carbons (Fsp3) is 0.500. The minimum absolute atomic E-state index is 0.0700. The van der Waals surface area contributed by atoms with E-state index >= 15 is 0 Å². The number of nitrogens with zero attached hydrogens (tertiary/aromatic N) is 2. The van der Waals surface area contributed by atoms with Crippen LogP contribution in [0.15, 0.2) is 18.2 Å². The minimum Gasteiger partial charge on any atom is -0.338 e. The highest BCUT2D eigenvalue weighted by Crippen LogP contribution is 2.32. The smallest absolute Gasteiger partial charge is 0.288 e. The molecule has 1 amide bonds. The molecule has 108 valence electrons. The highest BCUT2D eigenvalue weighted by Gasteiger charge is 2.29. The first-order valence-corrected chi connectivity index (χ1v) is 7.14. The van der Waals surface area contributed by atoms with Crippen LogP contribution in [0.25, 0.3) is 0 Å². The van der Waals surface area contributed by atoms with Crippen LogP contribution in [-0.2, 0) is 0 Å². The maximum atomic E-state index is 12.5. The summed E-state index contributed by atoms with van der Waals surface area (Å²) in [5.41, 5.74) is -0.00430. The third-order valence-corrected chi connectivity index (χ3v) is 3.76. The van der Waals surface area contributed by atoms with Crippen molar-refractivity contribution in [3.63, 3.8) is 0 Å². The van der Waals surface area contributed by atoms with Crippen molar-refractivity contribution in [3.8, 4) is 0 Å². The second kappa shape index (κ2) is 6.22. The standard InChI is InChI=1S/C14H17ClN2O3/c1-2-8-16(9-10-6-7-10)14(18)11-4-3-5-12(13(11)15)17(19)20/h3-5,10H,2,6-9H2,1H3. The van der Waals surface area contributed by atoms with E-state index in [1.165, 1.54) is 12.1 Å². The van der Waals surface area contributed by atoms with Crippen LogP contribution >= 0.6 is 11.6 Å². The molecule has 0 radical (unpaired) electrons. The van der Waals surface area contributed by atoms with Crippen molar-refractivity contribution >= 4 is 23.2 Å². The Balaban J connectivity index is 2.25. The largest absolute Gasteiger partial charge is 0.338 e. The van der Waals surface area contributed by atoms with Gasteiger partial charge in [0.25, 0.3) is 11.6 Å². The van der Waals surface area contributed by atoms with Crippen molar-refractivity contribution < 1.29 is 9.72 Å². The van der Waals surface area contributed by atoms with Gasteiger partial charge in [0.15, 0.2) is 0 Å². The van der Waals surface area contributed by atoms with Crippen LogP contribution in [0, 0.1) is 16.0 Å². The quantitative estimate of drug-likeness (QED) is 0.596. The van der Waals surface area contributed by atoms with Crippen LogP contribution in [0.2, 0.25) is 5.02 Å². The fourth-order valence-electron chi connectivity index (χ4n) is 2.15. The third kappa shape index (κ3) is 3.28. The lowest BCUT2D eigenvalue weighted by Crippen LogP contribution is -2.33. The Morgan fingerprint density at radius 3 is 2.75 bits per heavy atom. The molecule has 1 fully saturated rings. The molecule has 0 N–H and O–H groups in total. The molecule has 1 aromatic rings. The first-order chi connectivity index (χ1) is 9.54. The average molecular weight is 297 g/mol. The Labute approximate surface area is 122 Å². The first-order valence-electron chi connectivity index (χ1n) is 6.76. The van der Waals surface area contributed by atoms with Gasteiger partial charge in [-0.1, -0.05) is 24.6 Å². The number of carbonyl (C=O) groups excluding carboxylic acids is 1. The Kier molecular flexibility index (Phi) is 4.60. The van der Waals surface area contributed by atoms with Crippen molar-refractivity contribution in [1.29, 1.82) is 0 Å². The number of amides is 1. The molecule has 2 rings (SSSR count). The summed E-state index contributed by atoms with van der Waals surface area (Å²) in [4.78, 5) is 24.6. The zero-order valence-corrected chi connectivity index (χ0v) is 12.1. The number of benzene rings is 1. The highest BCUT2D eigenvalue weighted by molar-refractivity contribution is 6.35. The zero-order valence-electron chi connectivity index (χ0n) is 11.3. The van der Waals surface area contributed by atoms with Crippen LogP contribution in [0.3, 0.4) is 0 Å². The first kappa shape index (κ1) is 14.8. The van der Waals surface area contributed by atoms with Crippen molar-refractivity contribution in [3.05, 3.63) is 38.9 Å². The lowest BCUT2D eigenvalue weighted by Gasteiger charge is -2.22. The SMILES string of the molecule is CCCN(CC1CC1)C(=O)c1cccc([N+](=O)[O-])c1Cl. The number of carbonyl (C=O) groups is 1. The second-order valence-electron chi connectivity index (χ2n) is 5.09. The van der Waals surface area contributed by atoms with Crippen molar-refractivity contribution in [2.75, 3.05) is 13.1 Å². The number of nitro benzene ring substituents is 1. The maximum absolute atomic E-state index is 12.5. The Bertz CT molecular complexity index is 529. The third-order valence-electron chi connectivity index (χ3n) is 3.36. The second-order valence-corrected chi connectivity index (χ2v) is 5.47. The van der Waals surface area contributed by atoms with Crippen molar-refractivity contribution in [2.24, 2.45) is 5.92 Å². The van der Waals surface area contributed by atoms with Gasteiger partial charge in [0, 0.05) is 19.2 Å². The molecule has 0 aromatic heterocycles. The summed E-state index contributed by atoms with van der Waals surface area (Å²) >= 11 is 6.01. The Morgan fingerprint density at radius 2 is 2.20 bits per heavy atom. The summed E-state index contributed by atoms with van der Waals surface area (Å²) in [5.74, 6) is 0.357. The van der Waals surface area contributed by atoms with E-state index in [4.69, 9.17) is 11.6 Å². The molecule has 6 heteroatoms. The van der Waals surface area contributed by atoms with Gasteiger partial charge >= 0.3 is 0 Å². The minimum atomic E-state index is -0.565. The fourth-order valence-corrected chi connectivity index (χ4v) is 2.43. The number of hydrogen-bond acceptors (Lipinski definition) is 3. The Morgan fingerprint density at radius 1 is 1.50 bits per heavy atom. The van der Waals surface area contributed by atoms with Crippen molar-refractivity contribution in [2.45, 2.75) is 26.2 Å². The molecule has 0 spiro atoms. The number of halogens is 1. The molecule has 0 aliphatic heterocycles. The van der Waals surface area contributed by atoms with E-state index in [0.717, 1.165) is 19.3 Å². The monoisotopic (exact) mass is 296 g/mol. The maximum Gasteiger partial charge on any atom is 0.288 e. The Hall–Kier alpha value is -1.62. The topological polar surface area (TPSA) is 63.5 Å². The van der Waals surface area contributed by atoms with Crippen LogP contribution in [0.4, 0.5) is 5.69 Å². The summed E-state index contributed by atoms with van der Waals surface area (Å²) in [5, 5.41) is 10.8. The lowest BCUT2D eigenvalue weighted by atomic mass is 10.1. The molecule has 1 aliphatic carbocycles. The normalized spacial score (nSPS) is 14.1. The van der Waals surface area contributed by atoms with E-state index in [2.05, 4.69) is 0 Å². The van der Waals surface area contributed by atoms with Crippen LogP contribution in [0.1, 0.15) is 36.5 Å². The van der Waals surface area contributed by atoms with Gasteiger partial charge in [0.2, 0.25) is 0 Å². The van der Waals surface area contributed by atoms with E-state index < -0.39 is 4.92 Å². The highest BCUT2D eigenvalue weighted by atomic mass is 35.5. The van der Waals surface area contributed by atoms with Gasteiger partial charge in [-0.3, -0.25) is 14.9 Å². The van der Waals surface area contributed by atoms with Crippen LogP contribution < -0.4 is 0 Å². The molecule has 0 unspecified atom stereocenters. The van der Waals surface area contributed by atoms with E-state index in [9.17, 15) is 14.9 Å². The van der Waals surface area contributed by atoms with Gasteiger partial charge in [-0.25, -0.2) is 0 Å². The molecule has 0 bridgehead atoms. The zero-order chi connectivity index (χ0) is 14.7. The number of hydrogen-bond donors (Lipinski definition) is 0. The summed E-state index contributed by atoms with van der Waals surface area (Å²) in [7, 11) is 0. The van der Waals surface area contributed by atoms with Gasteiger partial charge in [0.1, 0.15) is 5.02 Å². The molecular formula is C14H17ClN2O3. The van der Waals surface area contributed by atoms with Gasteiger partial charge in [0.05, 0.1) is 10.5 Å². The van der Waals surface area contributed by atoms with Crippen molar-refractivity contribution in [1.82, 2.24) is 4.90 Å². The molecular weight excluding hydrogens is 280 g/mol. The van der Waals surface area contributed by atoms with Crippen LogP contribution in [-0.4, -0.2) is 28.8 Å². The molecule has 0 saturated heterocycles. The molecule has 1 aliphatic rings. The van der Waals surface area contributed by atoms with Gasteiger partial charge < -0.3 is 4.90 Å². The molecule has 1 saturated carbocycles. The number of rotatable bonds is 6. The van der Waals surface area contributed by atoms with E-state index in [-0.39, 0.29) is 22.2 Å². The molecule has 1 aromatic carbocycles. The van der Waals surface area contributed by atoms with E-state index in [1.807, 2.05) is 6.92 Å². The summed E-state index contributed by atoms with van der Waals surface area (Å²) < 4.78 is 0. The van der Waals surface area contributed by atoms with Gasteiger partial charge in [-0.15, -0.1) is 0 Å². The predicted octanol–water partition coefficient (Wildman–Crippen LogP) is 3.51. The summed E-state index contributed by atoms with van der Waals surface area (Å²) in [6, 6.07) is 4.36. The average Bonchev–Trinajstić information content (AvgIpc) is 3.21. The van der Waals surface area contributed by atoms with Gasteiger partial charge in [-0.2, -0.15) is 0 Å².